The van der Waals surface area contributed by atoms with E-state index in [9.17, 15) is 0 Å². The molecule has 0 atom stereocenters. The second-order valence-corrected chi connectivity index (χ2v) is 2.06. The number of pyridine rings is 1. The molecule has 58 valence electrons. The highest BCUT2D eigenvalue weighted by molar-refractivity contribution is 5.39. The first kappa shape index (κ1) is 8.03. The van der Waals surface area contributed by atoms with Gasteiger partial charge in [0, 0.05) is 6.20 Å². The van der Waals surface area contributed by atoms with Gasteiger partial charge in [-0.05, 0) is 12.1 Å². The van der Waals surface area contributed by atoms with Gasteiger partial charge in [0.25, 0.3) is 0 Å². The van der Waals surface area contributed by atoms with Gasteiger partial charge in [0.1, 0.15) is 18.4 Å². The van der Waals surface area contributed by atoms with E-state index in [1.54, 1.807) is 12.1 Å². The van der Waals surface area contributed by atoms with Crippen LogP contribution in [0.4, 0.5) is 5.82 Å². The number of nitrogens with one attached hydrogen (secondary N) is 1. The van der Waals surface area contributed by atoms with Gasteiger partial charge in [-0.1, -0.05) is 0 Å². The second kappa shape index (κ2) is 3.95. The molecule has 12 heavy (non-hydrogen) atoms. The molecule has 1 aromatic heterocycles. The van der Waals surface area contributed by atoms with Gasteiger partial charge in [0.15, 0.2) is 0 Å². The maximum absolute atomic E-state index is 8.44. The minimum Gasteiger partial charge on any atom is -0.357 e. The van der Waals surface area contributed by atoms with Crippen molar-refractivity contribution in [1.82, 2.24) is 4.98 Å². The van der Waals surface area contributed by atoms with Crippen molar-refractivity contribution in [3.63, 3.8) is 0 Å². The molecule has 1 heterocycles. The van der Waals surface area contributed by atoms with E-state index in [-0.39, 0.29) is 6.54 Å². The maximum Gasteiger partial charge on any atom is 0.126 e. The summed E-state index contributed by atoms with van der Waals surface area (Å²) in [5, 5.41) is 19.4. The minimum atomic E-state index is 0.221. The van der Waals surface area contributed by atoms with Crippen molar-refractivity contribution in [2.45, 2.75) is 0 Å². The Bertz CT molecular complexity index is 328. The molecule has 0 radical (unpaired) electrons. The van der Waals surface area contributed by atoms with E-state index in [0.717, 1.165) is 0 Å². The molecule has 4 nitrogen and oxygen atoms in total. The van der Waals surface area contributed by atoms with Crippen molar-refractivity contribution < 1.29 is 0 Å². The summed E-state index contributed by atoms with van der Waals surface area (Å²) in [6, 6.07) is 7.19. The van der Waals surface area contributed by atoms with Crippen LogP contribution < -0.4 is 5.32 Å². The fourth-order valence-electron chi connectivity index (χ4n) is 0.695. The zero-order valence-corrected chi connectivity index (χ0v) is 6.28. The summed E-state index contributed by atoms with van der Waals surface area (Å²) < 4.78 is 0. The number of hydrogen-bond donors (Lipinski definition) is 1. The molecule has 0 bridgehead atoms. The van der Waals surface area contributed by atoms with Crippen LogP contribution in [0.2, 0.25) is 0 Å². The minimum absolute atomic E-state index is 0.221. The van der Waals surface area contributed by atoms with Crippen molar-refractivity contribution in [3.05, 3.63) is 23.9 Å². The van der Waals surface area contributed by atoms with Crippen molar-refractivity contribution in [1.29, 1.82) is 10.5 Å². The van der Waals surface area contributed by atoms with E-state index < -0.39 is 0 Å². The van der Waals surface area contributed by atoms with Crippen LogP contribution in [0.3, 0.4) is 0 Å². The number of nitriles is 2. The first-order chi connectivity index (χ1) is 5.86. The number of anilines is 1. The molecule has 0 aromatic carbocycles. The quantitative estimate of drug-likeness (QED) is 0.648. The third-order valence-corrected chi connectivity index (χ3v) is 1.24. The highest BCUT2D eigenvalue weighted by atomic mass is 15.0. The van der Waals surface area contributed by atoms with Gasteiger partial charge < -0.3 is 5.32 Å². The first-order valence-corrected chi connectivity index (χ1v) is 3.34. The van der Waals surface area contributed by atoms with Gasteiger partial charge in [-0.3, -0.25) is 0 Å². The molecule has 4 heteroatoms. The molecule has 0 fully saturated rings. The number of nitrogens with zero attached hydrogens (tertiary/aromatic N) is 3. The Morgan fingerprint density at radius 2 is 2.25 bits per heavy atom. The fourth-order valence-corrected chi connectivity index (χ4v) is 0.695. The average molecular weight is 158 g/mol. The van der Waals surface area contributed by atoms with Crippen LogP contribution >= 0.6 is 0 Å². The zero-order valence-electron chi connectivity index (χ0n) is 6.28. The summed E-state index contributed by atoms with van der Waals surface area (Å²) in [6.07, 6.45) is 1.46. The predicted molar refractivity (Wildman–Crippen MR) is 43.1 cm³/mol. The number of rotatable bonds is 2. The fraction of sp³-hybridized carbons (Fsp3) is 0.125. The maximum atomic E-state index is 8.44. The van der Waals surface area contributed by atoms with Crippen molar-refractivity contribution in [3.8, 4) is 12.1 Å². The Hall–Kier alpha value is -2.07. The third kappa shape index (κ3) is 1.96. The normalized spacial score (nSPS) is 8.17. The zero-order chi connectivity index (χ0) is 8.81. The summed E-state index contributed by atoms with van der Waals surface area (Å²) in [5.74, 6) is 0.607. The van der Waals surface area contributed by atoms with Crippen LogP contribution in [0.25, 0.3) is 0 Å². The van der Waals surface area contributed by atoms with E-state index in [1.807, 2.05) is 12.1 Å². The Kier molecular flexibility index (Phi) is 2.64. The third-order valence-electron chi connectivity index (χ3n) is 1.24. The van der Waals surface area contributed by atoms with Gasteiger partial charge in [-0.25, -0.2) is 4.98 Å². The lowest BCUT2D eigenvalue weighted by Crippen LogP contribution is -1.99. The monoisotopic (exact) mass is 158 g/mol. The Morgan fingerprint density at radius 1 is 1.42 bits per heavy atom. The Morgan fingerprint density at radius 3 is 2.75 bits per heavy atom. The molecule has 0 aliphatic heterocycles. The molecule has 0 spiro atoms. The van der Waals surface area contributed by atoms with E-state index in [4.69, 9.17) is 10.5 Å². The smallest absolute Gasteiger partial charge is 0.126 e. The van der Waals surface area contributed by atoms with Crippen LogP contribution in [0.5, 0.6) is 0 Å². The molecular formula is C8H6N4. The molecule has 0 amide bonds. The summed E-state index contributed by atoms with van der Waals surface area (Å²) in [4.78, 5) is 3.90. The second-order valence-electron chi connectivity index (χ2n) is 2.06. The van der Waals surface area contributed by atoms with E-state index in [2.05, 4.69) is 10.3 Å². The standard InChI is InChI=1S/C8H6N4/c9-3-4-11-8-2-1-7(5-10)6-12-8/h1-2,6H,4H2,(H,11,12). The van der Waals surface area contributed by atoms with Crippen LogP contribution in [0, 0.1) is 22.7 Å². The molecule has 1 N–H and O–H groups in total. The molecule has 0 saturated heterocycles. The van der Waals surface area contributed by atoms with Crippen LogP contribution in [0.1, 0.15) is 5.56 Å². The van der Waals surface area contributed by atoms with E-state index in [0.29, 0.717) is 11.4 Å². The van der Waals surface area contributed by atoms with Crippen molar-refractivity contribution in [2.75, 3.05) is 11.9 Å². The lowest BCUT2D eigenvalue weighted by atomic mass is 10.3. The molecule has 0 aliphatic rings. The summed E-state index contributed by atoms with van der Waals surface area (Å²) in [5.41, 5.74) is 0.512. The number of aromatic nitrogens is 1. The average Bonchev–Trinajstić information content (AvgIpc) is 2.15. The first-order valence-electron chi connectivity index (χ1n) is 3.34. The molecule has 0 unspecified atom stereocenters. The Labute approximate surface area is 70.1 Å². The van der Waals surface area contributed by atoms with Gasteiger partial charge in [-0.2, -0.15) is 10.5 Å². The van der Waals surface area contributed by atoms with Crippen molar-refractivity contribution >= 4 is 5.82 Å². The van der Waals surface area contributed by atoms with Gasteiger partial charge >= 0.3 is 0 Å². The Balaban J connectivity index is 2.68. The topological polar surface area (TPSA) is 72.5 Å². The van der Waals surface area contributed by atoms with Gasteiger partial charge in [-0.15, -0.1) is 0 Å². The van der Waals surface area contributed by atoms with E-state index >= 15 is 0 Å². The van der Waals surface area contributed by atoms with Crippen LogP contribution in [-0.4, -0.2) is 11.5 Å². The molecule has 0 saturated carbocycles. The van der Waals surface area contributed by atoms with Crippen LogP contribution in [0.15, 0.2) is 18.3 Å². The van der Waals surface area contributed by atoms with Gasteiger partial charge in [0.05, 0.1) is 11.6 Å². The molecule has 1 rings (SSSR count). The molecule has 0 aliphatic carbocycles. The molecular weight excluding hydrogens is 152 g/mol. The van der Waals surface area contributed by atoms with Crippen LogP contribution in [-0.2, 0) is 0 Å². The SMILES string of the molecule is N#CCNc1ccc(C#N)cn1. The lowest BCUT2D eigenvalue weighted by molar-refractivity contribution is 1.22. The molecule has 1 aromatic rings. The largest absolute Gasteiger partial charge is 0.357 e. The highest BCUT2D eigenvalue weighted by Crippen LogP contribution is 2.02. The summed E-state index contributed by atoms with van der Waals surface area (Å²) in [6.45, 7) is 0.221. The summed E-state index contributed by atoms with van der Waals surface area (Å²) in [7, 11) is 0. The van der Waals surface area contributed by atoms with E-state index in [1.165, 1.54) is 6.20 Å². The number of hydrogen-bond acceptors (Lipinski definition) is 4. The highest BCUT2D eigenvalue weighted by Gasteiger charge is 1.92. The summed E-state index contributed by atoms with van der Waals surface area (Å²) >= 11 is 0. The predicted octanol–water partition coefficient (Wildman–Crippen LogP) is 0.889. The van der Waals surface area contributed by atoms with Gasteiger partial charge in [0.2, 0.25) is 0 Å². The van der Waals surface area contributed by atoms with Crippen molar-refractivity contribution in [2.24, 2.45) is 0 Å². The lowest BCUT2D eigenvalue weighted by Gasteiger charge is -1.98.